The summed E-state index contributed by atoms with van der Waals surface area (Å²) in [5.41, 5.74) is 3.78. The van der Waals surface area contributed by atoms with Crippen molar-refractivity contribution >= 4 is 20.8 Å². The van der Waals surface area contributed by atoms with Crippen LogP contribution in [-0.4, -0.2) is 12.7 Å². The lowest BCUT2D eigenvalue weighted by Gasteiger charge is -2.15. The Bertz CT molecular complexity index is 1550. The number of aryl methyl sites for hydroxylation is 1. The Labute approximate surface area is 191 Å². The molecule has 1 aliphatic heterocycles. The first-order valence-electron chi connectivity index (χ1n) is 10.4. The van der Waals surface area contributed by atoms with E-state index in [0.717, 1.165) is 22.1 Å². The number of sulfonamides is 1. The van der Waals surface area contributed by atoms with E-state index in [1.54, 1.807) is 42.5 Å². The summed E-state index contributed by atoms with van der Waals surface area (Å²) >= 11 is 0. The van der Waals surface area contributed by atoms with Gasteiger partial charge >= 0.3 is 0 Å². The van der Waals surface area contributed by atoms with Gasteiger partial charge in [-0.25, -0.2) is 17.2 Å². The van der Waals surface area contributed by atoms with E-state index in [9.17, 15) is 17.2 Å². The van der Waals surface area contributed by atoms with Crippen LogP contribution in [0.1, 0.15) is 27.8 Å². The number of fused-ring (bicyclic) bond motifs is 2. The van der Waals surface area contributed by atoms with Gasteiger partial charge in [-0.2, -0.15) is 4.31 Å². The maximum Gasteiger partial charge on any atom is 0.243 e. The topological polar surface area (TPSA) is 37.4 Å². The van der Waals surface area contributed by atoms with Crippen LogP contribution in [0.15, 0.2) is 77.7 Å². The molecule has 1 aliphatic rings. The molecule has 0 unspecified atom stereocenters. The molecule has 3 nitrogen and oxygen atoms in total. The van der Waals surface area contributed by atoms with Crippen LogP contribution in [0.5, 0.6) is 0 Å². The monoisotopic (exact) mass is 459 g/mol. The molecular weight excluding hydrogens is 440 g/mol. The first kappa shape index (κ1) is 21.3. The molecule has 6 heteroatoms. The van der Waals surface area contributed by atoms with E-state index >= 15 is 0 Å². The van der Waals surface area contributed by atoms with Gasteiger partial charge in [0.1, 0.15) is 11.6 Å². The first-order valence-corrected chi connectivity index (χ1v) is 11.8. The number of benzene rings is 4. The zero-order chi connectivity index (χ0) is 23.2. The summed E-state index contributed by atoms with van der Waals surface area (Å²) in [6.45, 7) is 2.26. The molecule has 164 valence electrons. The van der Waals surface area contributed by atoms with Gasteiger partial charge in [0.2, 0.25) is 10.0 Å². The number of halogens is 2. The molecule has 0 amide bonds. The molecule has 0 saturated carbocycles. The lowest BCUT2D eigenvalue weighted by molar-refractivity contribution is 0.431. The molecule has 4 aromatic rings. The van der Waals surface area contributed by atoms with Crippen molar-refractivity contribution < 1.29 is 17.2 Å². The summed E-state index contributed by atoms with van der Waals surface area (Å²) in [6.07, 6.45) is 0. The number of hydrogen-bond donors (Lipinski definition) is 0. The third-order valence-corrected chi connectivity index (χ3v) is 7.63. The minimum atomic E-state index is -3.71. The molecule has 5 rings (SSSR count). The summed E-state index contributed by atoms with van der Waals surface area (Å²) in [6, 6.07) is 18.9. The van der Waals surface area contributed by atoms with Gasteiger partial charge in [-0.15, -0.1) is 0 Å². The average Bonchev–Trinajstić information content (AvgIpc) is 3.23. The number of rotatable bonds is 2. The summed E-state index contributed by atoms with van der Waals surface area (Å²) in [5.74, 6) is 5.37. The Morgan fingerprint density at radius 1 is 0.818 bits per heavy atom. The maximum absolute atomic E-state index is 14.1. The van der Waals surface area contributed by atoms with Gasteiger partial charge in [-0.1, -0.05) is 35.6 Å². The lowest BCUT2D eigenvalue weighted by Crippen LogP contribution is -2.25. The van der Waals surface area contributed by atoms with Crippen LogP contribution < -0.4 is 0 Å². The molecule has 0 bridgehead atoms. The van der Waals surface area contributed by atoms with Crippen LogP contribution in [0.4, 0.5) is 8.78 Å². The van der Waals surface area contributed by atoms with Gasteiger partial charge in [0.15, 0.2) is 0 Å². The van der Waals surface area contributed by atoms with Crippen molar-refractivity contribution in [3.63, 3.8) is 0 Å². The van der Waals surface area contributed by atoms with E-state index < -0.39 is 15.8 Å². The smallest absolute Gasteiger partial charge is 0.207 e. The van der Waals surface area contributed by atoms with E-state index in [1.807, 2.05) is 13.0 Å². The summed E-state index contributed by atoms with van der Waals surface area (Å²) < 4.78 is 55.3. The van der Waals surface area contributed by atoms with Crippen LogP contribution >= 0.6 is 0 Å². The molecule has 0 N–H and O–H groups in total. The highest BCUT2D eigenvalue weighted by Gasteiger charge is 2.32. The molecule has 4 aromatic carbocycles. The van der Waals surface area contributed by atoms with Crippen LogP contribution in [0.3, 0.4) is 0 Å². The molecule has 0 aliphatic carbocycles. The van der Waals surface area contributed by atoms with Crippen molar-refractivity contribution in [1.29, 1.82) is 0 Å². The quantitative estimate of drug-likeness (QED) is 0.370. The number of nitrogens with zero attached hydrogens (tertiary/aromatic N) is 1. The van der Waals surface area contributed by atoms with Crippen molar-refractivity contribution in [2.75, 3.05) is 0 Å². The van der Waals surface area contributed by atoms with Crippen LogP contribution in [-0.2, 0) is 23.1 Å². The standard InChI is InChI=1S/C27H19F2NO2S/c1-18-2-11-24(12-3-18)33(31,32)30-16-21-14-20-7-10-23(29)15-26(20)25(27(21)17-30)13-6-19-4-8-22(28)9-5-19/h2-5,7-12,14-15H,16-17H2,1H3. The van der Waals surface area contributed by atoms with Crippen molar-refractivity contribution in [1.82, 2.24) is 4.31 Å². The van der Waals surface area contributed by atoms with Gasteiger partial charge in [-0.3, -0.25) is 0 Å². The predicted molar refractivity (Wildman–Crippen MR) is 124 cm³/mol. The average molecular weight is 460 g/mol. The second kappa shape index (κ2) is 8.11. The van der Waals surface area contributed by atoms with E-state index in [1.165, 1.54) is 28.6 Å². The fraction of sp³-hybridized carbons (Fsp3) is 0.111. The molecule has 0 spiro atoms. The van der Waals surface area contributed by atoms with Crippen molar-refractivity contribution in [3.8, 4) is 11.8 Å². The highest BCUT2D eigenvalue weighted by molar-refractivity contribution is 7.89. The molecule has 1 heterocycles. The van der Waals surface area contributed by atoms with E-state index in [4.69, 9.17) is 0 Å². The van der Waals surface area contributed by atoms with Crippen LogP contribution in [0, 0.1) is 30.4 Å². The maximum atomic E-state index is 14.1. The van der Waals surface area contributed by atoms with Gasteiger partial charge in [0.25, 0.3) is 0 Å². The second-order valence-electron chi connectivity index (χ2n) is 8.10. The van der Waals surface area contributed by atoms with Crippen LogP contribution in [0.2, 0.25) is 0 Å². The Morgan fingerprint density at radius 2 is 1.52 bits per heavy atom. The molecule has 0 aromatic heterocycles. The normalized spacial score (nSPS) is 13.5. The zero-order valence-corrected chi connectivity index (χ0v) is 18.6. The van der Waals surface area contributed by atoms with Crippen molar-refractivity contribution in [2.45, 2.75) is 24.9 Å². The van der Waals surface area contributed by atoms with Gasteiger partial charge in [0, 0.05) is 29.6 Å². The van der Waals surface area contributed by atoms with Gasteiger partial charge in [-0.05, 0) is 78.0 Å². The summed E-state index contributed by atoms with van der Waals surface area (Å²) in [7, 11) is -3.71. The lowest BCUT2D eigenvalue weighted by atomic mass is 9.95. The second-order valence-corrected chi connectivity index (χ2v) is 10.0. The third kappa shape index (κ3) is 4.02. The molecular formula is C27H19F2NO2S. The zero-order valence-electron chi connectivity index (χ0n) is 17.8. The molecule has 33 heavy (non-hydrogen) atoms. The van der Waals surface area contributed by atoms with Gasteiger partial charge < -0.3 is 0 Å². The Balaban J connectivity index is 1.62. The molecule has 0 fully saturated rings. The predicted octanol–water partition coefficient (Wildman–Crippen LogP) is 5.53. The fourth-order valence-corrected chi connectivity index (χ4v) is 5.44. The van der Waals surface area contributed by atoms with Gasteiger partial charge in [0.05, 0.1) is 4.90 Å². The molecule has 0 atom stereocenters. The minimum Gasteiger partial charge on any atom is -0.207 e. The Hall–Kier alpha value is -3.53. The van der Waals surface area contributed by atoms with E-state index in [0.29, 0.717) is 16.5 Å². The summed E-state index contributed by atoms with van der Waals surface area (Å²) in [5, 5.41) is 1.41. The first-order chi connectivity index (χ1) is 15.8. The van der Waals surface area contributed by atoms with E-state index in [-0.39, 0.29) is 23.8 Å². The highest BCUT2D eigenvalue weighted by Crippen LogP contribution is 2.35. The summed E-state index contributed by atoms with van der Waals surface area (Å²) in [4.78, 5) is 0.232. The third-order valence-electron chi connectivity index (χ3n) is 5.82. The fourth-order valence-electron chi connectivity index (χ4n) is 4.05. The highest BCUT2D eigenvalue weighted by atomic mass is 32.2. The molecule has 0 radical (unpaired) electrons. The SMILES string of the molecule is Cc1ccc(S(=O)(=O)N2Cc3cc4ccc(F)cc4c(C#Cc4ccc(F)cc4)c3C2)cc1. The minimum absolute atomic E-state index is 0.144. The van der Waals surface area contributed by atoms with E-state index in [2.05, 4.69) is 11.8 Å². The largest absolute Gasteiger partial charge is 0.243 e. The van der Waals surface area contributed by atoms with Crippen LogP contribution in [0.25, 0.3) is 10.8 Å². The van der Waals surface area contributed by atoms with Crippen molar-refractivity contribution in [3.05, 3.63) is 112 Å². The van der Waals surface area contributed by atoms with Crippen molar-refractivity contribution in [2.24, 2.45) is 0 Å². The molecule has 0 saturated heterocycles. The Kier molecular flexibility index (Phi) is 5.24. The number of hydrogen-bond acceptors (Lipinski definition) is 2. The Morgan fingerprint density at radius 3 is 2.24 bits per heavy atom.